The van der Waals surface area contributed by atoms with Crippen LogP contribution in [0.3, 0.4) is 0 Å². The lowest BCUT2D eigenvalue weighted by Crippen LogP contribution is -2.27. The summed E-state index contributed by atoms with van der Waals surface area (Å²) in [6, 6.07) is 9.91. The molecule has 0 aromatic heterocycles. The van der Waals surface area contributed by atoms with Gasteiger partial charge in [0, 0.05) is 11.7 Å². The van der Waals surface area contributed by atoms with Gasteiger partial charge in [0.25, 0.3) is 0 Å². The fourth-order valence-electron chi connectivity index (χ4n) is 2.31. The predicted octanol–water partition coefficient (Wildman–Crippen LogP) is 2.72. The van der Waals surface area contributed by atoms with Crippen LogP contribution in [0.15, 0.2) is 30.3 Å². The molecule has 1 aliphatic rings. The van der Waals surface area contributed by atoms with E-state index < -0.39 is 0 Å². The summed E-state index contributed by atoms with van der Waals surface area (Å²) in [6.07, 6.45) is 3.00. The second-order valence-electron chi connectivity index (χ2n) is 4.69. The molecule has 1 N–H and O–H groups in total. The van der Waals surface area contributed by atoms with E-state index in [2.05, 4.69) is 17.3 Å². The Bertz CT molecular complexity index is 381. The van der Waals surface area contributed by atoms with Gasteiger partial charge >= 0.3 is 6.09 Å². The van der Waals surface area contributed by atoms with E-state index in [0.29, 0.717) is 12.6 Å². The molecule has 0 aliphatic carbocycles. The Hall–Kier alpha value is -1.55. The van der Waals surface area contributed by atoms with Gasteiger partial charge in [0.2, 0.25) is 0 Å². The van der Waals surface area contributed by atoms with Gasteiger partial charge in [-0.3, -0.25) is 5.32 Å². The van der Waals surface area contributed by atoms with Gasteiger partial charge in [-0.1, -0.05) is 18.2 Å². The first kappa shape index (κ1) is 12.9. The van der Waals surface area contributed by atoms with Gasteiger partial charge in [-0.15, -0.1) is 0 Å². The molecule has 1 fully saturated rings. The number of hydrogen-bond acceptors (Lipinski definition) is 3. The summed E-state index contributed by atoms with van der Waals surface area (Å²) in [5, 5.41) is 2.70. The third kappa shape index (κ3) is 3.74. The van der Waals surface area contributed by atoms with Crippen LogP contribution in [0.1, 0.15) is 19.3 Å². The van der Waals surface area contributed by atoms with Gasteiger partial charge in [-0.05, 0) is 45.0 Å². The molecule has 1 unspecified atom stereocenters. The van der Waals surface area contributed by atoms with E-state index in [1.165, 1.54) is 12.8 Å². The van der Waals surface area contributed by atoms with E-state index in [-0.39, 0.29) is 6.09 Å². The van der Waals surface area contributed by atoms with Gasteiger partial charge in [0.05, 0.1) is 6.61 Å². The molecule has 1 amide bonds. The van der Waals surface area contributed by atoms with Crippen molar-refractivity contribution in [3.63, 3.8) is 0 Å². The maximum atomic E-state index is 11.5. The van der Waals surface area contributed by atoms with E-state index in [4.69, 9.17) is 4.74 Å². The number of para-hydroxylation sites is 1. The highest BCUT2D eigenvalue weighted by atomic mass is 16.5. The van der Waals surface area contributed by atoms with Crippen molar-refractivity contribution in [2.24, 2.45) is 0 Å². The highest BCUT2D eigenvalue weighted by Crippen LogP contribution is 2.17. The largest absolute Gasteiger partial charge is 0.449 e. The standard InChI is InChI=1S/C14H20N2O2/c1-16-10-5-8-13(16)9-11-18-14(17)15-12-6-3-2-4-7-12/h2-4,6-7,13H,5,8-11H2,1H3,(H,15,17). The minimum absolute atomic E-state index is 0.373. The van der Waals surface area contributed by atoms with Gasteiger partial charge < -0.3 is 9.64 Å². The van der Waals surface area contributed by atoms with Crippen molar-refractivity contribution in [2.45, 2.75) is 25.3 Å². The molecule has 1 saturated heterocycles. The van der Waals surface area contributed by atoms with Crippen LogP contribution in [-0.2, 0) is 4.74 Å². The van der Waals surface area contributed by atoms with Crippen LogP contribution >= 0.6 is 0 Å². The molecule has 0 radical (unpaired) electrons. The number of rotatable bonds is 4. The fraction of sp³-hybridized carbons (Fsp3) is 0.500. The molecule has 4 nitrogen and oxygen atoms in total. The van der Waals surface area contributed by atoms with Crippen LogP contribution in [0, 0.1) is 0 Å². The minimum atomic E-state index is -0.373. The number of anilines is 1. The molecule has 4 heteroatoms. The first-order chi connectivity index (χ1) is 8.75. The Morgan fingerprint density at radius 2 is 2.22 bits per heavy atom. The summed E-state index contributed by atoms with van der Waals surface area (Å²) in [5.74, 6) is 0. The maximum Gasteiger partial charge on any atom is 0.411 e. The van der Waals surface area contributed by atoms with E-state index in [0.717, 1.165) is 18.7 Å². The van der Waals surface area contributed by atoms with Crippen LogP contribution in [0.4, 0.5) is 10.5 Å². The Kier molecular flexibility index (Phi) is 4.59. The molecule has 0 spiro atoms. The molecule has 1 aromatic rings. The number of carbonyl (C=O) groups is 1. The quantitative estimate of drug-likeness (QED) is 0.890. The molecular weight excluding hydrogens is 228 g/mol. The van der Waals surface area contributed by atoms with Gasteiger partial charge in [-0.2, -0.15) is 0 Å². The lowest BCUT2D eigenvalue weighted by molar-refractivity contribution is 0.147. The average Bonchev–Trinajstić information content (AvgIpc) is 2.76. The van der Waals surface area contributed by atoms with Crippen LogP contribution in [0.2, 0.25) is 0 Å². The molecule has 1 heterocycles. The highest BCUT2D eigenvalue weighted by Gasteiger charge is 2.20. The fourth-order valence-corrected chi connectivity index (χ4v) is 2.31. The number of hydrogen-bond donors (Lipinski definition) is 1. The number of likely N-dealkylation sites (tertiary alicyclic amines) is 1. The molecule has 98 valence electrons. The van der Waals surface area contributed by atoms with Crippen molar-refractivity contribution in [3.05, 3.63) is 30.3 Å². The zero-order valence-corrected chi connectivity index (χ0v) is 10.8. The van der Waals surface area contributed by atoms with Gasteiger partial charge in [0.1, 0.15) is 0 Å². The van der Waals surface area contributed by atoms with Gasteiger partial charge in [-0.25, -0.2) is 4.79 Å². The number of ether oxygens (including phenoxy) is 1. The van der Waals surface area contributed by atoms with E-state index in [9.17, 15) is 4.79 Å². The normalized spacial score (nSPS) is 19.7. The number of benzene rings is 1. The molecule has 0 saturated carbocycles. The Morgan fingerprint density at radius 3 is 2.89 bits per heavy atom. The SMILES string of the molecule is CN1CCCC1CCOC(=O)Nc1ccccc1. The molecule has 2 rings (SSSR count). The second kappa shape index (κ2) is 6.40. The third-order valence-corrected chi connectivity index (χ3v) is 3.38. The van der Waals surface area contributed by atoms with Crippen molar-refractivity contribution in [2.75, 3.05) is 25.5 Å². The zero-order valence-electron chi connectivity index (χ0n) is 10.8. The van der Waals surface area contributed by atoms with Crippen LogP contribution in [0.5, 0.6) is 0 Å². The van der Waals surface area contributed by atoms with Crippen molar-refractivity contribution in [3.8, 4) is 0 Å². The van der Waals surface area contributed by atoms with Crippen molar-refractivity contribution in [1.29, 1.82) is 0 Å². The van der Waals surface area contributed by atoms with Gasteiger partial charge in [0.15, 0.2) is 0 Å². The Morgan fingerprint density at radius 1 is 1.44 bits per heavy atom. The first-order valence-electron chi connectivity index (χ1n) is 6.45. The second-order valence-corrected chi connectivity index (χ2v) is 4.69. The summed E-state index contributed by atoms with van der Waals surface area (Å²) in [4.78, 5) is 13.9. The maximum absolute atomic E-state index is 11.5. The smallest absolute Gasteiger partial charge is 0.411 e. The van der Waals surface area contributed by atoms with Crippen molar-refractivity contribution in [1.82, 2.24) is 4.90 Å². The number of nitrogens with zero attached hydrogens (tertiary/aromatic N) is 1. The molecule has 1 aliphatic heterocycles. The Labute approximate surface area is 108 Å². The summed E-state index contributed by atoms with van der Waals surface area (Å²) >= 11 is 0. The molecule has 1 atom stereocenters. The van der Waals surface area contributed by atoms with Crippen LogP contribution < -0.4 is 5.32 Å². The zero-order chi connectivity index (χ0) is 12.8. The number of carbonyl (C=O) groups excluding carboxylic acids is 1. The topological polar surface area (TPSA) is 41.6 Å². The lowest BCUT2D eigenvalue weighted by Gasteiger charge is -2.18. The van der Waals surface area contributed by atoms with E-state index >= 15 is 0 Å². The lowest BCUT2D eigenvalue weighted by atomic mass is 10.2. The van der Waals surface area contributed by atoms with Crippen molar-refractivity contribution >= 4 is 11.8 Å². The summed E-state index contributed by atoms with van der Waals surface area (Å²) < 4.78 is 5.18. The first-order valence-corrected chi connectivity index (χ1v) is 6.45. The highest BCUT2D eigenvalue weighted by molar-refractivity contribution is 5.84. The minimum Gasteiger partial charge on any atom is -0.449 e. The van der Waals surface area contributed by atoms with E-state index in [1.807, 2.05) is 30.3 Å². The molecule has 0 bridgehead atoms. The summed E-state index contributed by atoms with van der Waals surface area (Å²) in [5.41, 5.74) is 0.764. The third-order valence-electron chi connectivity index (χ3n) is 3.38. The monoisotopic (exact) mass is 248 g/mol. The number of amides is 1. The molecule has 1 aromatic carbocycles. The molecule has 18 heavy (non-hydrogen) atoms. The summed E-state index contributed by atoms with van der Waals surface area (Å²) in [7, 11) is 2.13. The van der Waals surface area contributed by atoms with E-state index in [1.54, 1.807) is 0 Å². The van der Waals surface area contributed by atoms with Crippen LogP contribution in [0.25, 0.3) is 0 Å². The summed E-state index contributed by atoms with van der Waals surface area (Å²) in [6.45, 7) is 1.63. The molecular formula is C14H20N2O2. The predicted molar refractivity (Wildman–Crippen MR) is 71.7 cm³/mol. The Balaban J connectivity index is 1.66. The number of nitrogens with one attached hydrogen (secondary N) is 1. The average molecular weight is 248 g/mol. The van der Waals surface area contributed by atoms with Crippen LogP contribution in [-0.4, -0.2) is 37.2 Å². The van der Waals surface area contributed by atoms with Crippen molar-refractivity contribution < 1.29 is 9.53 Å².